The summed E-state index contributed by atoms with van der Waals surface area (Å²) in [5.41, 5.74) is 1.82. The molecule has 2 rings (SSSR count). The molecule has 0 radical (unpaired) electrons. The summed E-state index contributed by atoms with van der Waals surface area (Å²) < 4.78 is 0. The van der Waals surface area contributed by atoms with Crippen molar-refractivity contribution in [3.63, 3.8) is 0 Å². The minimum Gasteiger partial charge on any atom is -0.508 e. The molecule has 0 aromatic heterocycles. The number of hydrogen-bond acceptors (Lipinski definition) is 3. The van der Waals surface area contributed by atoms with Gasteiger partial charge >= 0.3 is 0 Å². The average Bonchev–Trinajstić information content (AvgIpc) is 2.42. The summed E-state index contributed by atoms with van der Waals surface area (Å²) in [6.45, 7) is 2.00. The largest absolute Gasteiger partial charge is 0.508 e. The molecule has 2 aromatic carbocycles. The van der Waals surface area contributed by atoms with Gasteiger partial charge in [0.15, 0.2) is 0 Å². The molecule has 0 fully saturated rings. The van der Waals surface area contributed by atoms with Crippen LogP contribution in [0.25, 0.3) is 0 Å². The predicted molar refractivity (Wildman–Crippen MR) is 70.7 cm³/mol. The second-order valence-corrected chi connectivity index (χ2v) is 3.76. The predicted octanol–water partition coefficient (Wildman–Crippen LogP) is 2.70. The highest BCUT2D eigenvalue weighted by Crippen LogP contribution is 2.21. The van der Waals surface area contributed by atoms with Gasteiger partial charge in [0, 0.05) is 0 Å². The maximum atomic E-state index is 9.60. The molecule has 2 aromatic rings. The van der Waals surface area contributed by atoms with E-state index >= 15 is 0 Å². The Morgan fingerprint density at radius 3 is 1.39 bits per heavy atom. The monoisotopic (exact) mass is 244 g/mol. The van der Waals surface area contributed by atoms with E-state index in [1.54, 1.807) is 24.3 Å². The first-order valence-electron chi connectivity index (χ1n) is 5.60. The van der Waals surface area contributed by atoms with Crippen LogP contribution in [0.15, 0.2) is 48.5 Å². The minimum atomic E-state index is 0.318. The number of phenols is 2. The number of para-hydroxylation sites is 2. The Bertz CT molecular complexity index is 449. The van der Waals surface area contributed by atoms with E-state index in [0.29, 0.717) is 11.5 Å². The van der Waals surface area contributed by atoms with Gasteiger partial charge in [0.2, 0.25) is 0 Å². The summed E-state index contributed by atoms with van der Waals surface area (Å²) in [5.74, 6) is 0.635. The molecule has 18 heavy (non-hydrogen) atoms. The molecule has 0 spiro atoms. The molecule has 0 bridgehead atoms. The van der Waals surface area contributed by atoms with Crippen molar-refractivity contribution in [3.05, 3.63) is 59.7 Å². The van der Waals surface area contributed by atoms with Crippen LogP contribution in [0.3, 0.4) is 0 Å². The molecule has 94 valence electrons. The highest BCUT2D eigenvalue weighted by atomic mass is 16.3. The van der Waals surface area contributed by atoms with E-state index in [0.717, 1.165) is 24.0 Å². The summed E-state index contributed by atoms with van der Waals surface area (Å²) in [5, 5.41) is 19.2. The maximum Gasteiger partial charge on any atom is 0.118 e. The van der Waals surface area contributed by atoms with E-state index in [9.17, 15) is 10.2 Å². The standard InChI is InChI=1S/C14H14O2.CH2O/c15-13-7-3-1-5-11(13)9-10-12-6-2-4-8-14(12)16;1-2/h1-8,15-16H,9-10H2;1H2. The Hall–Kier alpha value is -2.29. The molecular formula is C15H16O3. The molecule has 0 atom stereocenters. The third-order valence-electron chi connectivity index (χ3n) is 2.65. The summed E-state index contributed by atoms with van der Waals surface area (Å²) in [6, 6.07) is 14.6. The Morgan fingerprint density at radius 2 is 1.06 bits per heavy atom. The Kier molecular flexibility index (Phi) is 5.45. The van der Waals surface area contributed by atoms with Gasteiger partial charge in [-0.1, -0.05) is 36.4 Å². The van der Waals surface area contributed by atoms with E-state index in [1.165, 1.54) is 0 Å². The van der Waals surface area contributed by atoms with Gasteiger partial charge in [-0.3, -0.25) is 0 Å². The number of phenolic OH excluding ortho intramolecular Hbond substituents is 2. The van der Waals surface area contributed by atoms with Crippen LogP contribution in [0.2, 0.25) is 0 Å². The van der Waals surface area contributed by atoms with Crippen molar-refractivity contribution >= 4 is 6.79 Å². The minimum absolute atomic E-state index is 0.318. The Balaban J connectivity index is 0.000000771. The van der Waals surface area contributed by atoms with Crippen molar-refractivity contribution in [2.75, 3.05) is 0 Å². The van der Waals surface area contributed by atoms with Gasteiger partial charge in [0.1, 0.15) is 18.3 Å². The smallest absolute Gasteiger partial charge is 0.118 e. The van der Waals surface area contributed by atoms with Crippen molar-refractivity contribution in [1.29, 1.82) is 0 Å². The topological polar surface area (TPSA) is 57.5 Å². The van der Waals surface area contributed by atoms with Gasteiger partial charge in [0.25, 0.3) is 0 Å². The third kappa shape index (κ3) is 3.63. The van der Waals surface area contributed by atoms with Crippen molar-refractivity contribution in [1.82, 2.24) is 0 Å². The Labute approximate surface area is 106 Å². The van der Waals surface area contributed by atoms with Gasteiger partial charge in [-0.25, -0.2) is 0 Å². The van der Waals surface area contributed by atoms with Crippen molar-refractivity contribution < 1.29 is 15.0 Å². The molecule has 0 unspecified atom stereocenters. The number of benzene rings is 2. The zero-order valence-corrected chi connectivity index (χ0v) is 10.0. The average molecular weight is 244 g/mol. The maximum absolute atomic E-state index is 9.60. The summed E-state index contributed by atoms with van der Waals surface area (Å²) in [7, 11) is 0. The van der Waals surface area contributed by atoms with Gasteiger partial charge in [0.05, 0.1) is 0 Å². The van der Waals surface area contributed by atoms with Crippen molar-refractivity contribution in [2.45, 2.75) is 12.8 Å². The zero-order valence-electron chi connectivity index (χ0n) is 10.0. The lowest BCUT2D eigenvalue weighted by Crippen LogP contribution is -1.92. The van der Waals surface area contributed by atoms with Crippen molar-refractivity contribution in [3.8, 4) is 11.5 Å². The van der Waals surface area contributed by atoms with E-state index in [-0.39, 0.29) is 0 Å². The molecule has 2 N–H and O–H groups in total. The van der Waals surface area contributed by atoms with E-state index in [2.05, 4.69) is 0 Å². The molecule has 3 nitrogen and oxygen atoms in total. The van der Waals surface area contributed by atoms with Crippen LogP contribution in [0, 0.1) is 0 Å². The number of aryl methyl sites for hydroxylation is 2. The van der Waals surface area contributed by atoms with Crippen LogP contribution in [0.5, 0.6) is 11.5 Å². The summed E-state index contributed by atoms with van der Waals surface area (Å²) in [4.78, 5) is 8.00. The Morgan fingerprint density at radius 1 is 0.722 bits per heavy atom. The van der Waals surface area contributed by atoms with Crippen LogP contribution in [0.4, 0.5) is 0 Å². The molecule has 3 heteroatoms. The second-order valence-electron chi connectivity index (χ2n) is 3.76. The van der Waals surface area contributed by atoms with Crippen molar-refractivity contribution in [2.24, 2.45) is 0 Å². The number of carbonyl (C=O) groups is 1. The van der Waals surface area contributed by atoms with E-state index in [1.807, 2.05) is 31.1 Å². The molecule has 0 aliphatic heterocycles. The zero-order chi connectivity index (χ0) is 13.4. The molecule has 0 heterocycles. The first kappa shape index (κ1) is 13.8. The SMILES string of the molecule is C=O.Oc1ccccc1CCc1ccccc1O. The van der Waals surface area contributed by atoms with Crippen LogP contribution >= 0.6 is 0 Å². The fraction of sp³-hybridized carbons (Fsp3) is 0.133. The van der Waals surface area contributed by atoms with Crippen LogP contribution in [-0.2, 0) is 17.6 Å². The number of rotatable bonds is 3. The van der Waals surface area contributed by atoms with E-state index in [4.69, 9.17) is 4.79 Å². The molecule has 0 aliphatic rings. The highest BCUT2D eigenvalue weighted by Gasteiger charge is 2.03. The third-order valence-corrected chi connectivity index (χ3v) is 2.65. The fourth-order valence-corrected chi connectivity index (χ4v) is 1.71. The van der Waals surface area contributed by atoms with Crippen LogP contribution in [-0.4, -0.2) is 17.0 Å². The van der Waals surface area contributed by atoms with Crippen LogP contribution in [0.1, 0.15) is 11.1 Å². The van der Waals surface area contributed by atoms with Gasteiger partial charge in [-0.2, -0.15) is 0 Å². The number of aromatic hydroxyl groups is 2. The highest BCUT2D eigenvalue weighted by molar-refractivity contribution is 5.35. The first-order chi connectivity index (χ1) is 8.77. The fourth-order valence-electron chi connectivity index (χ4n) is 1.71. The van der Waals surface area contributed by atoms with Gasteiger partial charge in [-0.05, 0) is 36.1 Å². The lowest BCUT2D eigenvalue weighted by molar-refractivity contribution is -0.0979. The molecule has 0 saturated carbocycles. The molecule has 0 aliphatic carbocycles. The number of carbonyl (C=O) groups excluding carboxylic acids is 1. The summed E-state index contributed by atoms with van der Waals surface area (Å²) in [6.07, 6.45) is 1.45. The molecule has 0 saturated heterocycles. The van der Waals surface area contributed by atoms with E-state index < -0.39 is 0 Å². The molecular weight excluding hydrogens is 228 g/mol. The second kappa shape index (κ2) is 7.12. The lowest BCUT2D eigenvalue weighted by atomic mass is 10.0. The van der Waals surface area contributed by atoms with Crippen LogP contribution < -0.4 is 0 Å². The molecule has 0 amide bonds. The first-order valence-corrected chi connectivity index (χ1v) is 5.60. The van der Waals surface area contributed by atoms with Gasteiger partial charge in [-0.15, -0.1) is 0 Å². The number of hydrogen-bond donors (Lipinski definition) is 2. The van der Waals surface area contributed by atoms with Gasteiger partial charge < -0.3 is 15.0 Å². The summed E-state index contributed by atoms with van der Waals surface area (Å²) >= 11 is 0. The quantitative estimate of drug-likeness (QED) is 0.872. The lowest BCUT2D eigenvalue weighted by Gasteiger charge is -2.05. The normalized spacial score (nSPS) is 9.33.